The Morgan fingerprint density at radius 3 is 2.29 bits per heavy atom. The second kappa shape index (κ2) is 7.34. The summed E-state index contributed by atoms with van der Waals surface area (Å²) in [6.45, 7) is 0. The van der Waals surface area contributed by atoms with Crippen molar-refractivity contribution in [1.82, 2.24) is 0 Å². The number of hydrogen-bond acceptors (Lipinski definition) is 2. The molecule has 0 heterocycles. The maximum Gasteiger partial charge on any atom is 0.194 e. The number of allylic oxidation sites excluding steroid dienone is 4. The van der Waals surface area contributed by atoms with Crippen LogP contribution in [0.4, 0.5) is 0 Å². The monoisotopic (exact) mass is 568 g/mol. The average molecular weight is 570 g/mol. The van der Waals surface area contributed by atoms with Crippen molar-refractivity contribution in [2.75, 3.05) is 5.33 Å². The van der Waals surface area contributed by atoms with Gasteiger partial charge < -0.3 is 0 Å². The molecule has 0 fully saturated rings. The normalized spacial score (nSPS) is 19.9. The molecule has 0 saturated carbocycles. The van der Waals surface area contributed by atoms with E-state index in [1.54, 1.807) is 0 Å². The first kappa shape index (κ1) is 20.5. The highest BCUT2D eigenvalue weighted by molar-refractivity contribution is 9.09. The van der Waals surface area contributed by atoms with Crippen LogP contribution >= 0.6 is 31.9 Å². The maximum atomic E-state index is 13.8. The fourth-order valence-corrected chi connectivity index (χ4v) is 6.84. The van der Waals surface area contributed by atoms with E-state index in [1.165, 1.54) is 5.56 Å². The summed E-state index contributed by atoms with van der Waals surface area (Å²) in [4.78, 5) is 27.5. The van der Waals surface area contributed by atoms with E-state index in [-0.39, 0.29) is 23.4 Å². The van der Waals surface area contributed by atoms with Gasteiger partial charge in [-0.1, -0.05) is 86.5 Å². The number of halogens is 2. The lowest BCUT2D eigenvalue weighted by molar-refractivity contribution is 0.0933. The van der Waals surface area contributed by atoms with E-state index in [9.17, 15) is 9.59 Å². The lowest BCUT2D eigenvalue weighted by Crippen LogP contribution is -2.28. The summed E-state index contributed by atoms with van der Waals surface area (Å²) < 4.78 is 0. The first-order chi connectivity index (χ1) is 16.6. The molecule has 0 N–H and O–H groups in total. The molecular formula is C30H18Br2O2. The molecule has 4 heteroatoms. The van der Waals surface area contributed by atoms with Gasteiger partial charge in [0.1, 0.15) is 0 Å². The molecule has 0 aliphatic heterocycles. The number of benzene rings is 4. The summed E-state index contributed by atoms with van der Waals surface area (Å²) in [7, 11) is 0. The van der Waals surface area contributed by atoms with Crippen molar-refractivity contribution in [1.29, 1.82) is 0 Å². The SMILES string of the molecule is O=C1c2cc(CBr)ccc2-c2c3ccccc3c3c4c(ccc1c24)C(=O)C1C=C(CBr)C=CC31. The number of rotatable bonds is 2. The van der Waals surface area contributed by atoms with Gasteiger partial charge in [-0.3, -0.25) is 9.59 Å². The fourth-order valence-electron chi connectivity index (χ4n) is 6.11. The van der Waals surface area contributed by atoms with Gasteiger partial charge in [-0.05, 0) is 62.2 Å². The van der Waals surface area contributed by atoms with Crippen LogP contribution in [-0.4, -0.2) is 16.9 Å². The summed E-state index contributed by atoms with van der Waals surface area (Å²) in [6.07, 6.45) is 6.42. The number of alkyl halides is 2. The molecule has 7 rings (SSSR count). The first-order valence-corrected chi connectivity index (χ1v) is 13.6. The fraction of sp³-hybridized carbons (Fsp3) is 0.133. The molecule has 34 heavy (non-hydrogen) atoms. The Kier molecular flexibility index (Phi) is 4.43. The molecule has 4 aromatic carbocycles. The van der Waals surface area contributed by atoms with Crippen LogP contribution in [0.25, 0.3) is 32.7 Å². The van der Waals surface area contributed by atoms with Crippen LogP contribution in [0.2, 0.25) is 0 Å². The Balaban J connectivity index is 1.68. The summed E-state index contributed by atoms with van der Waals surface area (Å²) in [5, 5.41) is 5.62. The maximum absolute atomic E-state index is 13.8. The van der Waals surface area contributed by atoms with Crippen LogP contribution in [0, 0.1) is 5.92 Å². The Morgan fingerprint density at radius 2 is 1.50 bits per heavy atom. The molecule has 0 spiro atoms. The molecule has 2 unspecified atom stereocenters. The highest BCUT2D eigenvalue weighted by Crippen LogP contribution is 2.53. The van der Waals surface area contributed by atoms with Gasteiger partial charge in [-0.15, -0.1) is 0 Å². The Morgan fingerprint density at radius 1 is 0.735 bits per heavy atom. The molecule has 2 atom stereocenters. The highest BCUT2D eigenvalue weighted by atomic mass is 79.9. The van der Waals surface area contributed by atoms with Crippen molar-refractivity contribution < 1.29 is 9.59 Å². The van der Waals surface area contributed by atoms with Crippen molar-refractivity contribution >= 4 is 65.0 Å². The van der Waals surface area contributed by atoms with E-state index < -0.39 is 0 Å². The minimum atomic E-state index is -0.222. The quantitative estimate of drug-likeness (QED) is 0.160. The van der Waals surface area contributed by atoms with Gasteiger partial charge in [-0.2, -0.15) is 0 Å². The van der Waals surface area contributed by atoms with Gasteiger partial charge in [0.05, 0.1) is 5.92 Å². The number of hydrogen-bond donors (Lipinski definition) is 0. The first-order valence-electron chi connectivity index (χ1n) is 11.4. The third kappa shape index (κ3) is 2.56. The molecule has 0 saturated heterocycles. The van der Waals surface area contributed by atoms with Gasteiger partial charge in [0.25, 0.3) is 0 Å². The molecule has 0 aromatic heterocycles. The smallest absolute Gasteiger partial charge is 0.194 e. The van der Waals surface area contributed by atoms with Crippen molar-refractivity contribution in [3.05, 3.63) is 106 Å². The van der Waals surface area contributed by atoms with Crippen LogP contribution < -0.4 is 0 Å². The van der Waals surface area contributed by atoms with Gasteiger partial charge in [0.2, 0.25) is 0 Å². The van der Waals surface area contributed by atoms with E-state index >= 15 is 0 Å². The van der Waals surface area contributed by atoms with Gasteiger partial charge in [0, 0.05) is 38.7 Å². The van der Waals surface area contributed by atoms with Crippen LogP contribution in [0.5, 0.6) is 0 Å². The van der Waals surface area contributed by atoms with Crippen LogP contribution in [0.15, 0.2) is 78.4 Å². The van der Waals surface area contributed by atoms with E-state index in [0.29, 0.717) is 10.9 Å². The van der Waals surface area contributed by atoms with Crippen molar-refractivity contribution in [2.45, 2.75) is 11.2 Å². The molecular weight excluding hydrogens is 552 g/mol. The molecule has 4 aromatic rings. The lowest BCUT2D eigenvalue weighted by Gasteiger charge is -2.35. The molecule has 0 amide bonds. The Hall–Kier alpha value is -2.82. The predicted molar refractivity (Wildman–Crippen MR) is 145 cm³/mol. The van der Waals surface area contributed by atoms with E-state index in [1.807, 2.05) is 18.2 Å². The Bertz CT molecular complexity index is 1680. The van der Waals surface area contributed by atoms with Crippen LogP contribution in [0.3, 0.4) is 0 Å². The second-order valence-electron chi connectivity index (χ2n) is 9.24. The standard InChI is InChI=1S/C30H18Br2O2/c31-13-15-5-7-19-23(11-15)29(33)21-9-10-22-28-26(18-4-2-1-3-17(18)25(19)27(21)28)20-8-6-16(14-32)12-24(20)30(22)34/h1-12,19,23H,13-14H2. The van der Waals surface area contributed by atoms with Crippen molar-refractivity contribution in [3.63, 3.8) is 0 Å². The van der Waals surface area contributed by atoms with Crippen molar-refractivity contribution in [3.8, 4) is 11.1 Å². The topological polar surface area (TPSA) is 34.1 Å². The summed E-state index contributed by atoms with van der Waals surface area (Å²) in [5.41, 5.74) is 7.57. The third-order valence-corrected chi connectivity index (χ3v) is 8.86. The molecule has 0 radical (unpaired) electrons. The van der Waals surface area contributed by atoms with Crippen LogP contribution in [-0.2, 0) is 5.33 Å². The average Bonchev–Trinajstić information content (AvgIpc) is 2.89. The van der Waals surface area contributed by atoms with Gasteiger partial charge >= 0.3 is 0 Å². The number of carbonyl (C=O) groups is 2. The molecule has 3 aliphatic carbocycles. The minimum Gasteiger partial charge on any atom is -0.293 e. The van der Waals surface area contributed by atoms with Crippen molar-refractivity contribution in [2.24, 2.45) is 5.92 Å². The molecule has 2 nitrogen and oxygen atoms in total. The van der Waals surface area contributed by atoms with E-state index in [0.717, 1.165) is 60.3 Å². The number of ketones is 2. The van der Waals surface area contributed by atoms with Crippen LogP contribution in [0.1, 0.15) is 43.3 Å². The zero-order valence-electron chi connectivity index (χ0n) is 18.1. The minimum absolute atomic E-state index is 0.0355. The van der Waals surface area contributed by atoms with E-state index in [2.05, 4.69) is 86.5 Å². The molecule has 0 bridgehead atoms. The Labute approximate surface area is 213 Å². The third-order valence-electron chi connectivity index (χ3n) is 7.56. The molecule has 3 aliphatic rings. The van der Waals surface area contributed by atoms with Gasteiger partial charge in [-0.25, -0.2) is 0 Å². The number of fused-ring (bicyclic) bond motifs is 7. The lowest BCUT2D eigenvalue weighted by atomic mass is 9.67. The highest BCUT2D eigenvalue weighted by Gasteiger charge is 2.40. The second-order valence-corrected chi connectivity index (χ2v) is 10.4. The van der Waals surface area contributed by atoms with E-state index in [4.69, 9.17) is 0 Å². The predicted octanol–water partition coefficient (Wildman–Crippen LogP) is 7.89. The zero-order chi connectivity index (χ0) is 23.1. The number of carbonyl (C=O) groups excluding carboxylic acids is 2. The van der Waals surface area contributed by atoms with Gasteiger partial charge in [0.15, 0.2) is 11.6 Å². The summed E-state index contributed by atoms with van der Waals surface area (Å²) in [5.74, 6) is -0.0840. The largest absolute Gasteiger partial charge is 0.293 e. The zero-order valence-corrected chi connectivity index (χ0v) is 21.2. The number of Topliss-reactive ketones (excluding diaryl/α,β-unsaturated/α-hetero) is 1. The molecule has 164 valence electrons. The summed E-state index contributed by atoms with van der Waals surface area (Å²) >= 11 is 7.07. The summed E-state index contributed by atoms with van der Waals surface area (Å²) in [6, 6.07) is 18.4.